The summed E-state index contributed by atoms with van der Waals surface area (Å²) in [6.45, 7) is 4.28. The molecule has 78 valence electrons. The van der Waals surface area contributed by atoms with E-state index in [0.717, 1.165) is 0 Å². The fourth-order valence-electron chi connectivity index (χ4n) is 1.03. The topological polar surface area (TPSA) is 61.5 Å². The van der Waals surface area contributed by atoms with Crippen molar-refractivity contribution in [3.8, 4) is 0 Å². The normalized spacial score (nSPS) is 15.5. The average molecular weight is 189 g/mol. The van der Waals surface area contributed by atoms with Crippen LogP contribution < -0.4 is 5.73 Å². The number of hydrogen-bond acceptors (Lipinski definition) is 4. The molecule has 1 unspecified atom stereocenters. The van der Waals surface area contributed by atoms with E-state index in [1.54, 1.807) is 7.11 Å². The van der Waals surface area contributed by atoms with Gasteiger partial charge in [-0.2, -0.15) is 0 Å². The Morgan fingerprint density at radius 1 is 1.46 bits per heavy atom. The molecule has 0 aliphatic carbocycles. The number of nitrogens with two attached hydrogens (primary N) is 1. The molecule has 0 fully saturated rings. The highest BCUT2D eigenvalue weighted by atomic mass is 16.5. The maximum atomic E-state index is 11.0. The molecule has 0 saturated heterocycles. The van der Waals surface area contributed by atoms with Gasteiger partial charge in [0.2, 0.25) is 0 Å². The molecule has 4 nitrogen and oxygen atoms in total. The molecule has 2 N–H and O–H groups in total. The van der Waals surface area contributed by atoms with E-state index in [1.165, 1.54) is 7.11 Å². The molecule has 0 saturated carbocycles. The summed E-state index contributed by atoms with van der Waals surface area (Å²) in [7, 11) is 2.93. The van der Waals surface area contributed by atoms with Crippen LogP contribution in [-0.4, -0.2) is 32.3 Å². The van der Waals surface area contributed by atoms with Crippen molar-refractivity contribution in [2.75, 3.05) is 20.8 Å². The Balaban J connectivity index is 4.31. The maximum absolute atomic E-state index is 11.0. The number of carbonyl (C=O) groups excluding carboxylic acids is 1. The van der Waals surface area contributed by atoms with E-state index in [0.29, 0.717) is 6.61 Å². The lowest BCUT2D eigenvalue weighted by Crippen LogP contribution is -2.50. The maximum Gasteiger partial charge on any atom is 0.307 e. The van der Waals surface area contributed by atoms with Gasteiger partial charge in [0.15, 0.2) is 0 Å². The number of carbonyl (C=O) groups is 1. The molecule has 0 aliphatic heterocycles. The van der Waals surface area contributed by atoms with Crippen LogP contribution in [0.15, 0.2) is 0 Å². The van der Waals surface area contributed by atoms with Gasteiger partial charge >= 0.3 is 5.97 Å². The predicted molar refractivity (Wildman–Crippen MR) is 50.3 cm³/mol. The van der Waals surface area contributed by atoms with E-state index in [4.69, 9.17) is 10.5 Å². The molecular weight excluding hydrogens is 170 g/mol. The second-order valence-electron chi connectivity index (χ2n) is 3.57. The first kappa shape index (κ1) is 12.4. The summed E-state index contributed by atoms with van der Waals surface area (Å²) in [4.78, 5) is 11.0. The van der Waals surface area contributed by atoms with Crippen LogP contribution in [0.1, 0.15) is 20.3 Å². The van der Waals surface area contributed by atoms with Crippen molar-refractivity contribution in [1.29, 1.82) is 0 Å². The molecule has 0 aliphatic rings. The van der Waals surface area contributed by atoms with Crippen LogP contribution in [0, 0.1) is 5.92 Å². The lowest BCUT2D eigenvalue weighted by Gasteiger charge is -2.31. The zero-order chi connectivity index (χ0) is 10.5. The van der Waals surface area contributed by atoms with E-state index < -0.39 is 5.54 Å². The standard InChI is InChI=1S/C9H19NO3/c1-7(2)9(10,6-12-3)5-8(11)13-4/h7H,5-6,10H2,1-4H3. The smallest absolute Gasteiger partial charge is 0.307 e. The molecule has 0 aromatic heterocycles. The first-order valence-corrected chi connectivity index (χ1v) is 4.31. The van der Waals surface area contributed by atoms with Gasteiger partial charge in [-0.05, 0) is 5.92 Å². The average Bonchev–Trinajstić information content (AvgIpc) is 2.04. The first-order valence-electron chi connectivity index (χ1n) is 4.31. The Morgan fingerprint density at radius 3 is 2.31 bits per heavy atom. The summed E-state index contributed by atoms with van der Waals surface area (Å²) < 4.78 is 9.55. The number of esters is 1. The van der Waals surface area contributed by atoms with Crippen LogP contribution >= 0.6 is 0 Å². The second kappa shape index (κ2) is 5.19. The molecule has 1 atom stereocenters. The molecule has 0 bridgehead atoms. The Labute approximate surface area is 79.4 Å². The molecule has 0 spiro atoms. The fraction of sp³-hybridized carbons (Fsp3) is 0.889. The summed E-state index contributed by atoms with van der Waals surface area (Å²) in [6.07, 6.45) is 0.189. The SMILES string of the molecule is COCC(N)(CC(=O)OC)C(C)C. The third kappa shape index (κ3) is 3.74. The summed E-state index contributed by atoms with van der Waals surface area (Å²) >= 11 is 0. The second-order valence-corrected chi connectivity index (χ2v) is 3.57. The van der Waals surface area contributed by atoms with Gasteiger partial charge < -0.3 is 15.2 Å². The minimum absolute atomic E-state index is 0.173. The molecule has 0 amide bonds. The quantitative estimate of drug-likeness (QED) is 0.641. The van der Waals surface area contributed by atoms with Crippen molar-refractivity contribution in [1.82, 2.24) is 0 Å². The van der Waals surface area contributed by atoms with Gasteiger partial charge in [-0.25, -0.2) is 0 Å². The van der Waals surface area contributed by atoms with Gasteiger partial charge in [-0.3, -0.25) is 4.79 Å². The zero-order valence-electron chi connectivity index (χ0n) is 8.79. The van der Waals surface area contributed by atoms with E-state index >= 15 is 0 Å². The summed E-state index contributed by atoms with van der Waals surface area (Å²) in [5.41, 5.74) is 5.38. The Bertz CT molecular complexity index is 170. The molecular formula is C9H19NO3. The fourth-order valence-corrected chi connectivity index (χ4v) is 1.03. The number of ether oxygens (including phenoxy) is 2. The number of hydrogen-bond donors (Lipinski definition) is 1. The highest BCUT2D eigenvalue weighted by molar-refractivity contribution is 5.70. The lowest BCUT2D eigenvalue weighted by molar-refractivity contribution is -0.143. The molecule has 4 heteroatoms. The van der Waals surface area contributed by atoms with Crippen molar-refractivity contribution in [2.45, 2.75) is 25.8 Å². The number of methoxy groups -OCH3 is 2. The van der Waals surface area contributed by atoms with Crippen molar-refractivity contribution in [2.24, 2.45) is 11.7 Å². The first-order chi connectivity index (χ1) is 5.96. The van der Waals surface area contributed by atoms with Crippen LogP contribution in [0.25, 0.3) is 0 Å². The zero-order valence-corrected chi connectivity index (χ0v) is 8.79. The van der Waals surface area contributed by atoms with Gasteiger partial charge in [0.1, 0.15) is 0 Å². The third-order valence-corrected chi connectivity index (χ3v) is 2.26. The van der Waals surface area contributed by atoms with E-state index in [2.05, 4.69) is 4.74 Å². The van der Waals surface area contributed by atoms with Gasteiger partial charge in [-0.15, -0.1) is 0 Å². The Kier molecular flexibility index (Phi) is 4.95. The molecule has 0 rings (SSSR count). The monoisotopic (exact) mass is 189 g/mol. The van der Waals surface area contributed by atoms with Gasteiger partial charge in [-0.1, -0.05) is 13.8 Å². The molecule has 0 heterocycles. The van der Waals surface area contributed by atoms with Crippen LogP contribution in [0.3, 0.4) is 0 Å². The van der Waals surface area contributed by atoms with Crippen LogP contribution in [0.5, 0.6) is 0 Å². The molecule has 0 aromatic rings. The predicted octanol–water partition coefficient (Wildman–Crippen LogP) is 0.549. The van der Waals surface area contributed by atoms with Crippen LogP contribution in [-0.2, 0) is 14.3 Å². The number of rotatable bonds is 5. The molecule has 13 heavy (non-hydrogen) atoms. The molecule has 0 radical (unpaired) electrons. The Hall–Kier alpha value is -0.610. The minimum Gasteiger partial charge on any atom is -0.469 e. The summed E-state index contributed by atoms with van der Waals surface area (Å²) in [6, 6.07) is 0. The van der Waals surface area contributed by atoms with Crippen molar-refractivity contribution in [3.63, 3.8) is 0 Å². The van der Waals surface area contributed by atoms with Crippen molar-refractivity contribution >= 4 is 5.97 Å². The highest BCUT2D eigenvalue weighted by Crippen LogP contribution is 2.19. The van der Waals surface area contributed by atoms with Crippen molar-refractivity contribution in [3.05, 3.63) is 0 Å². The van der Waals surface area contributed by atoms with Gasteiger partial charge in [0.05, 0.1) is 25.7 Å². The van der Waals surface area contributed by atoms with E-state index in [1.807, 2.05) is 13.8 Å². The largest absolute Gasteiger partial charge is 0.469 e. The Morgan fingerprint density at radius 2 is 2.00 bits per heavy atom. The van der Waals surface area contributed by atoms with Crippen LogP contribution in [0.2, 0.25) is 0 Å². The lowest BCUT2D eigenvalue weighted by atomic mass is 9.85. The van der Waals surface area contributed by atoms with E-state index in [-0.39, 0.29) is 18.3 Å². The van der Waals surface area contributed by atoms with Gasteiger partial charge in [0.25, 0.3) is 0 Å². The minimum atomic E-state index is -0.623. The summed E-state index contributed by atoms with van der Waals surface area (Å²) in [5.74, 6) is -0.125. The molecule has 0 aromatic carbocycles. The summed E-state index contributed by atoms with van der Waals surface area (Å²) in [5, 5.41) is 0. The highest BCUT2D eigenvalue weighted by Gasteiger charge is 2.32. The third-order valence-electron chi connectivity index (χ3n) is 2.26. The van der Waals surface area contributed by atoms with E-state index in [9.17, 15) is 4.79 Å². The van der Waals surface area contributed by atoms with Crippen molar-refractivity contribution < 1.29 is 14.3 Å². The van der Waals surface area contributed by atoms with Gasteiger partial charge in [0, 0.05) is 7.11 Å². The van der Waals surface area contributed by atoms with Crippen LogP contribution in [0.4, 0.5) is 0 Å².